The average molecular weight is 429 g/mol. The summed E-state index contributed by atoms with van der Waals surface area (Å²) in [5.41, 5.74) is 0.460. The van der Waals surface area contributed by atoms with Crippen LogP contribution >= 0.6 is 0 Å². The lowest BCUT2D eigenvalue weighted by Crippen LogP contribution is -2.37. The van der Waals surface area contributed by atoms with Crippen molar-refractivity contribution < 1.29 is 19.2 Å². The third-order valence-electron chi connectivity index (χ3n) is 5.20. The maximum absolute atomic E-state index is 11.9. The Kier molecular flexibility index (Phi) is 7.58. The molecule has 0 saturated carbocycles. The first kappa shape index (κ1) is 22.3. The van der Waals surface area contributed by atoms with Gasteiger partial charge in [-0.2, -0.15) is 0 Å². The third kappa shape index (κ3) is 5.59. The number of nitrogens with zero attached hydrogens (tertiary/aromatic N) is 4. The number of benzene rings is 1. The Morgan fingerprint density at radius 1 is 1.26 bits per heavy atom. The van der Waals surface area contributed by atoms with Gasteiger partial charge in [0.15, 0.2) is 0 Å². The Morgan fingerprint density at radius 2 is 1.97 bits per heavy atom. The number of carbonyl (C=O) groups is 1. The van der Waals surface area contributed by atoms with E-state index in [2.05, 4.69) is 22.2 Å². The summed E-state index contributed by atoms with van der Waals surface area (Å²) in [7, 11) is 1.37. The third-order valence-corrected chi connectivity index (χ3v) is 5.20. The van der Waals surface area contributed by atoms with Gasteiger partial charge in [0.05, 0.1) is 24.6 Å². The van der Waals surface area contributed by atoms with Crippen molar-refractivity contribution in [1.29, 1.82) is 0 Å². The molecule has 31 heavy (non-hydrogen) atoms. The van der Waals surface area contributed by atoms with Crippen LogP contribution in [0.2, 0.25) is 0 Å². The maximum Gasteiger partial charge on any atom is 0.353 e. The van der Waals surface area contributed by atoms with Crippen molar-refractivity contribution in [3.8, 4) is 5.75 Å². The number of nitrogens with one attached hydrogen (secondary N) is 1. The molecule has 0 amide bonds. The minimum atomic E-state index is -0.480. The van der Waals surface area contributed by atoms with Gasteiger partial charge in [-0.05, 0) is 43.5 Å². The molecule has 1 fully saturated rings. The Morgan fingerprint density at radius 3 is 2.58 bits per heavy atom. The van der Waals surface area contributed by atoms with Gasteiger partial charge in [0, 0.05) is 18.8 Å². The summed E-state index contributed by atoms with van der Waals surface area (Å²) in [6, 6.07) is 7.19. The summed E-state index contributed by atoms with van der Waals surface area (Å²) in [5.74, 6) is 0.652. The number of rotatable bonds is 9. The first-order valence-electron chi connectivity index (χ1n) is 10.4. The Balaban J connectivity index is 1.75. The monoisotopic (exact) mass is 429 g/mol. The second-order valence-corrected chi connectivity index (χ2v) is 7.29. The quantitative estimate of drug-likeness (QED) is 0.275. The molecule has 0 radical (unpaired) electrons. The summed E-state index contributed by atoms with van der Waals surface area (Å²) >= 11 is 0. The van der Waals surface area contributed by atoms with Crippen molar-refractivity contribution in [2.24, 2.45) is 5.92 Å². The molecule has 166 valence electrons. The molecular weight excluding hydrogens is 402 g/mol. The van der Waals surface area contributed by atoms with Crippen LogP contribution in [-0.4, -0.2) is 47.7 Å². The van der Waals surface area contributed by atoms with E-state index in [1.54, 1.807) is 12.1 Å². The van der Waals surface area contributed by atoms with Gasteiger partial charge in [-0.15, -0.1) is 0 Å². The van der Waals surface area contributed by atoms with Crippen molar-refractivity contribution in [3.05, 3.63) is 40.7 Å². The molecule has 3 rings (SSSR count). The number of hydrogen-bond donors (Lipinski definition) is 1. The van der Waals surface area contributed by atoms with Gasteiger partial charge in [0.2, 0.25) is 11.6 Å². The number of nitro groups is 1. The molecule has 0 bridgehead atoms. The molecule has 1 saturated heterocycles. The fourth-order valence-electron chi connectivity index (χ4n) is 3.46. The van der Waals surface area contributed by atoms with E-state index in [0.717, 1.165) is 18.6 Å². The molecule has 1 aromatic heterocycles. The highest BCUT2D eigenvalue weighted by atomic mass is 16.6. The number of methoxy groups -OCH3 is 1. The van der Waals surface area contributed by atoms with E-state index in [1.807, 2.05) is 17.0 Å². The van der Waals surface area contributed by atoms with Gasteiger partial charge < -0.3 is 19.7 Å². The molecule has 1 aliphatic rings. The SMILES string of the molecule is CCCCOc1ccc(Nc2ncnc(N3CCC(C(=O)OC)CC3)c2[N+](=O)[O-])cc1. The Labute approximate surface area is 180 Å². The number of carbonyl (C=O) groups excluding carboxylic acids is 1. The van der Waals surface area contributed by atoms with Gasteiger partial charge in [-0.25, -0.2) is 9.97 Å². The van der Waals surface area contributed by atoms with Crippen LogP contribution in [0, 0.1) is 16.0 Å². The standard InChI is InChI=1S/C21H27N5O5/c1-3-4-13-31-17-7-5-16(6-8-17)24-19-18(26(28)29)20(23-14-22-19)25-11-9-15(10-12-25)21(27)30-2/h5-8,14-15H,3-4,9-13H2,1-2H3,(H,22,23,24). The molecule has 0 atom stereocenters. The van der Waals surface area contributed by atoms with Crippen LogP contribution in [0.4, 0.5) is 23.0 Å². The molecule has 1 N–H and O–H groups in total. The molecule has 10 heteroatoms. The van der Waals surface area contributed by atoms with Gasteiger partial charge in [0.25, 0.3) is 0 Å². The largest absolute Gasteiger partial charge is 0.494 e. The second-order valence-electron chi connectivity index (χ2n) is 7.29. The van der Waals surface area contributed by atoms with E-state index in [0.29, 0.717) is 38.2 Å². The highest BCUT2D eigenvalue weighted by Gasteiger charge is 2.32. The highest BCUT2D eigenvalue weighted by Crippen LogP contribution is 2.35. The maximum atomic E-state index is 11.9. The van der Waals surface area contributed by atoms with Crippen LogP contribution in [0.1, 0.15) is 32.6 Å². The molecule has 1 aliphatic heterocycles. The van der Waals surface area contributed by atoms with E-state index in [-0.39, 0.29) is 29.2 Å². The molecular formula is C21H27N5O5. The van der Waals surface area contributed by atoms with E-state index >= 15 is 0 Å². The van der Waals surface area contributed by atoms with Crippen molar-refractivity contribution in [2.75, 3.05) is 37.0 Å². The molecule has 0 unspecified atom stereocenters. The van der Waals surface area contributed by atoms with E-state index in [1.165, 1.54) is 13.4 Å². The first-order valence-corrected chi connectivity index (χ1v) is 10.4. The summed E-state index contributed by atoms with van der Waals surface area (Å²) in [6.45, 7) is 3.69. The lowest BCUT2D eigenvalue weighted by Gasteiger charge is -2.31. The van der Waals surface area contributed by atoms with Crippen molar-refractivity contribution >= 4 is 29.0 Å². The zero-order chi connectivity index (χ0) is 22.2. The van der Waals surface area contributed by atoms with Crippen molar-refractivity contribution in [2.45, 2.75) is 32.6 Å². The molecule has 1 aromatic carbocycles. The average Bonchev–Trinajstić information content (AvgIpc) is 2.79. The van der Waals surface area contributed by atoms with Gasteiger partial charge in [-0.3, -0.25) is 14.9 Å². The summed E-state index contributed by atoms with van der Waals surface area (Å²) < 4.78 is 10.4. The lowest BCUT2D eigenvalue weighted by atomic mass is 9.97. The Hall–Kier alpha value is -3.43. The van der Waals surface area contributed by atoms with Crippen LogP contribution in [0.25, 0.3) is 0 Å². The zero-order valence-electron chi connectivity index (χ0n) is 17.7. The van der Waals surface area contributed by atoms with E-state index in [9.17, 15) is 14.9 Å². The topological polar surface area (TPSA) is 120 Å². The van der Waals surface area contributed by atoms with Gasteiger partial charge >= 0.3 is 11.7 Å². The van der Waals surface area contributed by atoms with Crippen LogP contribution in [0.5, 0.6) is 5.75 Å². The first-order chi connectivity index (χ1) is 15.0. The number of anilines is 3. The van der Waals surface area contributed by atoms with Crippen LogP contribution in [-0.2, 0) is 9.53 Å². The molecule has 2 aromatic rings. The number of esters is 1. The predicted octanol–water partition coefficient (Wildman–Crippen LogP) is 3.70. The fraction of sp³-hybridized carbons (Fsp3) is 0.476. The Bertz CT molecular complexity index is 898. The van der Waals surface area contributed by atoms with Crippen LogP contribution in [0.3, 0.4) is 0 Å². The molecule has 10 nitrogen and oxygen atoms in total. The number of ether oxygens (including phenoxy) is 2. The zero-order valence-corrected chi connectivity index (χ0v) is 17.7. The molecule has 0 aliphatic carbocycles. The van der Waals surface area contributed by atoms with Crippen molar-refractivity contribution in [1.82, 2.24) is 9.97 Å². The van der Waals surface area contributed by atoms with Gasteiger partial charge in [-0.1, -0.05) is 13.3 Å². The fourth-order valence-corrected chi connectivity index (χ4v) is 3.46. The predicted molar refractivity (Wildman–Crippen MR) is 116 cm³/mol. The van der Waals surface area contributed by atoms with Crippen LogP contribution < -0.4 is 15.0 Å². The van der Waals surface area contributed by atoms with Gasteiger partial charge in [0.1, 0.15) is 12.1 Å². The number of aromatic nitrogens is 2. The highest BCUT2D eigenvalue weighted by molar-refractivity contribution is 5.76. The minimum absolute atomic E-state index is 0.116. The second kappa shape index (κ2) is 10.6. The smallest absolute Gasteiger partial charge is 0.353 e. The van der Waals surface area contributed by atoms with E-state index in [4.69, 9.17) is 9.47 Å². The molecule has 2 heterocycles. The number of hydrogen-bond acceptors (Lipinski definition) is 9. The number of piperidine rings is 1. The van der Waals surface area contributed by atoms with E-state index < -0.39 is 4.92 Å². The van der Waals surface area contributed by atoms with Crippen LogP contribution in [0.15, 0.2) is 30.6 Å². The van der Waals surface area contributed by atoms with Crippen molar-refractivity contribution in [3.63, 3.8) is 0 Å². The number of unbranched alkanes of at least 4 members (excludes halogenated alkanes) is 1. The molecule has 0 spiro atoms. The minimum Gasteiger partial charge on any atom is -0.494 e. The lowest BCUT2D eigenvalue weighted by molar-refractivity contribution is -0.383. The normalized spacial score (nSPS) is 14.2. The summed E-state index contributed by atoms with van der Waals surface area (Å²) in [6.07, 6.45) is 4.44. The summed E-state index contributed by atoms with van der Waals surface area (Å²) in [4.78, 5) is 33.2. The summed E-state index contributed by atoms with van der Waals surface area (Å²) in [5, 5.41) is 14.9.